The molecule has 0 saturated carbocycles. The van der Waals surface area contributed by atoms with Gasteiger partial charge in [0.1, 0.15) is 6.61 Å². The smallest absolute Gasteiger partial charge is 0.362 e. The molecule has 2 unspecified atom stereocenters. The standard InChI is InChI=1S/C59H109NO7/c1-6-8-10-12-14-16-18-20-22-24-26-28-30-31-33-35-37-39-41-43-45-47-49-57(61)66-54-55(53-65-52-51-56(59(63)64)60(3,4)5)67-58(62)50-48-46-44-42-40-38-36-34-32-29-27-25-23-21-19-17-15-13-11-9-7-2/h9,11,15,17,30-31,55-56H,6-8,10,12-14,16,18-29,32-54H2,1-5H3/p+1/b11-9+,17-15+,31-30+. The van der Waals surface area contributed by atoms with E-state index in [1.165, 1.54) is 186 Å². The van der Waals surface area contributed by atoms with Crippen LogP contribution in [0.15, 0.2) is 36.5 Å². The molecule has 1 N–H and O–H groups in total. The van der Waals surface area contributed by atoms with Gasteiger partial charge in [-0.1, -0.05) is 224 Å². The van der Waals surface area contributed by atoms with Crippen LogP contribution in [0.2, 0.25) is 0 Å². The van der Waals surface area contributed by atoms with E-state index < -0.39 is 18.1 Å². The number of likely N-dealkylation sites (N-methyl/N-ethyl adjacent to an activating group) is 1. The molecule has 0 spiro atoms. The molecule has 0 saturated heterocycles. The number of ether oxygens (including phenoxy) is 3. The van der Waals surface area contributed by atoms with Gasteiger partial charge >= 0.3 is 17.9 Å². The molecular formula is C59H110NO7+. The lowest BCUT2D eigenvalue weighted by atomic mass is 10.0. The molecule has 392 valence electrons. The first-order valence-corrected chi connectivity index (χ1v) is 28.5. The Kier molecular flexibility index (Phi) is 48.1. The number of nitrogens with zero attached hydrogens (tertiary/aromatic N) is 1. The van der Waals surface area contributed by atoms with Crippen molar-refractivity contribution in [3.63, 3.8) is 0 Å². The van der Waals surface area contributed by atoms with Gasteiger partial charge in [-0.25, -0.2) is 4.79 Å². The number of esters is 2. The van der Waals surface area contributed by atoms with E-state index in [2.05, 4.69) is 50.3 Å². The van der Waals surface area contributed by atoms with Crippen LogP contribution in [-0.2, 0) is 28.6 Å². The van der Waals surface area contributed by atoms with Crippen molar-refractivity contribution in [1.29, 1.82) is 0 Å². The Morgan fingerprint density at radius 1 is 0.463 bits per heavy atom. The average Bonchev–Trinajstić information content (AvgIpc) is 3.29. The summed E-state index contributed by atoms with van der Waals surface area (Å²) < 4.78 is 17.4. The molecule has 0 aliphatic rings. The normalized spacial score (nSPS) is 13.0. The van der Waals surface area contributed by atoms with E-state index >= 15 is 0 Å². The molecule has 0 amide bonds. The van der Waals surface area contributed by atoms with Crippen LogP contribution in [0.5, 0.6) is 0 Å². The Morgan fingerprint density at radius 3 is 1.24 bits per heavy atom. The van der Waals surface area contributed by atoms with Gasteiger partial charge in [-0.15, -0.1) is 0 Å². The number of quaternary nitrogens is 1. The summed E-state index contributed by atoms with van der Waals surface area (Å²) in [4.78, 5) is 37.3. The van der Waals surface area contributed by atoms with Gasteiger partial charge in [-0.3, -0.25) is 9.59 Å². The summed E-state index contributed by atoms with van der Waals surface area (Å²) in [7, 11) is 5.55. The molecule has 0 aliphatic heterocycles. The minimum Gasteiger partial charge on any atom is -0.477 e. The minimum atomic E-state index is -0.872. The molecule has 8 nitrogen and oxygen atoms in total. The molecule has 0 radical (unpaired) electrons. The molecule has 2 atom stereocenters. The van der Waals surface area contributed by atoms with Crippen molar-refractivity contribution in [3.8, 4) is 0 Å². The Labute approximate surface area is 414 Å². The van der Waals surface area contributed by atoms with E-state index in [-0.39, 0.29) is 36.2 Å². The van der Waals surface area contributed by atoms with Gasteiger partial charge in [0.05, 0.1) is 34.4 Å². The van der Waals surface area contributed by atoms with Gasteiger partial charge in [0.25, 0.3) is 0 Å². The van der Waals surface area contributed by atoms with Gasteiger partial charge in [0, 0.05) is 19.3 Å². The topological polar surface area (TPSA) is 99.1 Å². The van der Waals surface area contributed by atoms with Crippen LogP contribution in [0, 0.1) is 0 Å². The van der Waals surface area contributed by atoms with E-state index in [1.54, 1.807) is 0 Å². The molecule has 67 heavy (non-hydrogen) atoms. The van der Waals surface area contributed by atoms with Gasteiger partial charge in [0.2, 0.25) is 0 Å². The third kappa shape index (κ3) is 48.4. The predicted octanol–water partition coefficient (Wildman–Crippen LogP) is 16.9. The van der Waals surface area contributed by atoms with Crippen LogP contribution in [0.3, 0.4) is 0 Å². The third-order valence-electron chi connectivity index (χ3n) is 13.0. The first kappa shape index (κ1) is 64.5. The zero-order valence-corrected chi connectivity index (χ0v) is 44.9. The molecule has 0 rings (SSSR count). The van der Waals surface area contributed by atoms with Crippen LogP contribution in [-0.4, -0.2) is 80.6 Å². The molecule has 0 fully saturated rings. The van der Waals surface area contributed by atoms with Crippen molar-refractivity contribution in [2.75, 3.05) is 41.0 Å². The van der Waals surface area contributed by atoms with Crippen LogP contribution >= 0.6 is 0 Å². The maximum atomic E-state index is 12.8. The number of carbonyl (C=O) groups excluding carboxylic acids is 2. The molecule has 0 aromatic heterocycles. The molecule has 0 aromatic carbocycles. The van der Waals surface area contributed by atoms with Gasteiger partial charge in [0.15, 0.2) is 12.1 Å². The number of carbonyl (C=O) groups is 3. The van der Waals surface area contributed by atoms with E-state index in [0.29, 0.717) is 19.3 Å². The molecule has 0 aliphatic carbocycles. The van der Waals surface area contributed by atoms with Crippen LogP contribution < -0.4 is 0 Å². The highest BCUT2D eigenvalue weighted by atomic mass is 16.6. The Morgan fingerprint density at radius 2 is 0.836 bits per heavy atom. The summed E-state index contributed by atoms with van der Waals surface area (Å²) in [6, 6.07) is -0.615. The molecule has 0 heterocycles. The summed E-state index contributed by atoms with van der Waals surface area (Å²) in [5, 5.41) is 9.68. The van der Waals surface area contributed by atoms with Crippen LogP contribution in [0.4, 0.5) is 0 Å². The Balaban J connectivity index is 4.15. The monoisotopic (exact) mass is 945 g/mol. The number of unbranched alkanes of at least 4 members (excludes halogenated alkanes) is 32. The number of rotatable bonds is 52. The van der Waals surface area contributed by atoms with Crippen LogP contribution in [0.25, 0.3) is 0 Å². The summed E-state index contributed by atoms with van der Waals surface area (Å²) in [6.07, 6.45) is 60.6. The van der Waals surface area contributed by atoms with Crippen molar-refractivity contribution in [3.05, 3.63) is 36.5 Å². The second-order valence-electron chi connectivity index (χ2n) is 20.5. The van der Waals surface area contributed by atoms with Gasteiger partial charge < -0.3 is 23.8 Å². The Bertz CT molecular complexity index is 1190. The summed E-state index contributed by atoms with van der Waals surface area (Å²) in [5.41, 5.74) is 0. The first-order chi connectivity index (χ1) is 32.6. The van der Waals surface area contributed by atoms with Crippen molar-refractivity contribution >= 4 is 17.9 Å². The van der Waals surface area contributed by atoms with Crippen molar-refractivity contribution in [2.24, 2.45) is 0 Å². The molecular weight excluding hydrogens is 835 g/mol. The maximum Gasteiger partial charge on any atom is 0.362 e. The van der Waals surface area contributed by atoms with Gasteiger partial charge in [-0.05, 0) is 64.2 Å². The fourth-order valence-electron chi connectivity index (χ4n) is 8.66. The fraction of sp³-hybridized carbons (Fsp3) is 0.847. The highest BCUT2D eigenvalue weighted by molar-refractivity contribution is 5.72. The Hall–Kier alpha value is -2.45. The molecule has 0 aromatic rings. The number of aliphatic carboxylic acids is 1. The quantitative estimate of drug-likeness (QED) is 0.0281. The lowest BCUT2D eigenvalue weighted by molar-refractivity contribution is -0.887. The number of hydrogen-bond acceptors (Lipinski definition) is 6. The lowest BCUT2D eigenvalue weighted by Crippen LogP contribution is -2.50. The van der Waals surface area contributed by atoms with Crippen molar-refractivity contribution in [2.45, 2.75) is 283 Å². The van der Waals surface area contributed by atoms with Gasteiger partial charge in [-0.2, -0.15) is 0 Å². The van der Waals surface area contributed by atoms with Crippen molar-refractivity contribution in [1.82, 2.24) is 0 Å². The second-order valence-corrected chi connectivity index (χ2v) is 20.5. The number of carboxylic acid groups (broad SMARTS) is 1. The number of carboxylic acids is 1. The van der Waals surface area contributed by atoms with Crippen molar-refractivity contribution < 1.29 is 38.2 Å². The van der Waals surface area contributed by atoms with E-state index in [9.17, 15) is 19.5 Å². The predicted molar refractivity (Wildman–Crippen MR) is 285 cm³/mol. The SMILES string of the molecule is CC/C=C/C/C=C/CCCCCCCCCCCCCCCCC(=O)OC(COCCC(C(=O)O)[N+](C)(C)C)COC(=O)CCCCCCCCC/C=C/CCCCCCCCCCCCC. The third-order valence-corrected chi connectivity index (χ3v) is 13.0. The maximum absolute atomic E-state index is 12.8. The number of hydrogen-bond donors (Lipinski definition) is 1. The first-order valence-electron chi connectivity index (χ1n) is 28.5. The summed E-state index contributed by atoms with van der Waals surface area (Å²) >= 11 is 0. The second kappa shape index (κ2) is 50.0. The minimum absolute atomic E-state index is 0.0501. The summed E-state index contributed by atoms with van der Waals surface area (Å²) in [6.45, 7) is 4.68. The lowest BCUT2D eigenvalue weighted by Gasteiger charge is -2.31. The van der Waals surface area contributed by atoms with E-state index in [1.807, 2.05) is 21.1 Å². The number of allylic oxidation sites excluding steroid dienone is 6. The zero-order chi connectivity index (χ0) is 49.2. The largest absolute Gasteiger partial charge is 0.477 e. The highest BCUT2D eigenvalue weighted by Crippen LogP contribution is 2.17. The molecule has 0 bridgehead atoms. The zero-order valence-electron chi connectivity index (χ0n) is 44.9. The fourth-order valence-corrected chi connectivity index (χ4v) is 8.66. The van der Waals surface area contributed by atoms with E-state index in [0.717, 1.165) is 51.4 Å². The average molecular weight is 946 g/mol. The van der Waals surface area contributed by atoms with Crippen LogP contribution in [0.1, 0.15) is 271 Å². The highest BCUT2D eigenvalue weighted by Gasteiger charge is 2.31. The molecule has 8 heteroatoms. The summed E-state index contributed by atoms with van der Waals surface area (Å²) in [5.74, 6) is -1.46. The van der Waals surface area contributed by atoms with E-state index in [4.69, 9.17) is 14.2 Å².